The second-order valence-corrected chi connectivity index (χ2v) is 12.8. The number of aryl methyl sites for hydroxylation is 1. The summed E-state index contributed by atoms with van der Waals surface area (Å²) in [5.41, 5.74) is 9.86. The number of anilines is 3. The lowest BCUT2D eigenvalue weighted by molar-refractivity contribution is -0.0912. The van der Waals surface area contributed by atoms with Gasteiger partial charge in [0.15, 0.2) is 0 Å². The Hall–Kier alpha value is -3.72. The highest BCUT2D eigenvalue weighted by Gasteiger charge is 2.35. The number of rotatable bonds is 6. The van der Waals surface area contributed by atoms with Crippen molar-refractivity contribution in [3.05, 3.63) is 54.7 Å². The summed E-state index contributed by atoms with van der Waals surface area (Å²) in [6.07, 6.45) is 11.3. The van der Waals surface area contributed by atoms with E-state index in [9.17, 15) is 10.2 Å². The number of nitrogens with two attached hydrogens (primary N) is 1. The van der Waals surface area contributed by atoms with E-state index in [4.69, 9.17) is 15.2 Å². The maximum Gasteiger partial charge on any atom is 0.133 e. The summed E-state index contributed by atoms with van der Waals surface area (Å²) in [7, 11) is 0. The number of fused-ring (bicyclic) bond motifs is 1. The van der Waals surface area contributed by atoms with Crippen LogP contribution in [0.3, 0.4) is 0 Å². The number of pyridine rings is 3. The number of hydrogen-bond donors (Lipinski definition) is 4. The summed E-state index contributed by atoms with van der Waals surface area (Å²) < 4.78 is 12.3. The van der Waals surface area contributed by atoms with E-state index in [0.717, 1.165) is 105 Å². The van der Waals surface area contributed by atoms with Gasteiger partial charge in [0.2, 0.25) is 0 Å². The van der Waals surface area contributed by atoms with Crippen molar-refractivity contribution in [1.29, 1.82) is 0 Å². The van der Waals surface area contributed by atoms with E-state index in [2.05, 4.69) is 35.2 Å². The van der Waals surface area contributed by atoms with Crippen LogP contribution in [0.4, 0.5) is 17.3 Å². The van der Waals surface area contributed by atoms with Crippen LogP contribution in [0.5, 0.6) is 0 Å². The number of β-amino-alcohol motifs (C(OH)–C–C–N with tert-alkyl or cyclic N) is 1. The van der Waals surface area contributed by atoms with Crippen molar-refractivity contribution in [2.45, 2.75) is 56.5 Å². The molecule has 244 valence electrons. The molecule has 0 amide bonds. The average molecular weight is 630 g/mol. The lowest BCUT2D eigenvalue weighted by Gasteiger charge is -2.43. The molecule has 4 aliphatic heterocycles. The van der Waals surface area contributed by atoms with Crippen LogP contribution < -0.4 is 11.1 Å². The average Bonchev–Trinajstić information content (AvgIpc) is 3.45. The van der Waals surface area contributed by atoms with Crippen molar-refractivity contribution in [2.75, 3.05) is 63.7 Å². The van der Waals surface area contributed by atoms with Crippen LogP contribution in [-0.2, 0) is 9.47 Å². The first-order valence-electron chi connectivity index (χ1n) is 16.2. The summed E-state index contributed by atoms with van der Waals surface area (Å²) in [6, 6.07) is 6.86. The Labute approximate surface area is 268 Å². The number of hydrogen-bond acceptors (Lipinski definition) is 12. The Balaban J connectivity index is 0.000000259. The summed E-state index contributed by atoms with van der Waals surface area (Å²) in [6.45, 7) is 8.94. The normalized spacial score (nSPS) is 24.5. The Kier molecular flexibility index (Phi) is 9.11. The largest absolute Gasteiger partial charge is 0.392 e. The van der Waals surface area contributed by atoms with E-state index in [0.29, 0.717) is 23.7 Å². The van der Waals surface area contributed by atoms with E-state index in [1.165, 1.54) is 0 Å². The van der Waals surface area contributed by atoms with Gasteiger partial charge in [-0.2, -0.15) is 5.10 Å². The molecule has 13 heteroatoms. The molecule has 4 fully saturated rings. The van der Waals surface area contributed by atoms with Gasteiger partial charge in [-0.1, -0.05) is 0 Å². The molecule has 0 saturated carbocycles. The zero-order chi connectivity index (χ0) is 31.6. The Morgan fingerprint density at radius 1 is 0.957 bits per heavy atom. The smallest absolute Gasteiger partial charge is 0.133 e. The first kappa shape index (κ1) is 30.9. The molecule has 3 atom stereocenters. The van der Waals surface area contributed by atoms with E-state index in [1.54, 1.807) is 24.8 Å². The summed E-state index contributed by atoms with van der Waals surface area (Å²) >= 11 is 0. The number of nitrogens with zero attached hydrogens (tertiary/aromatic N) is 7. The zero-order valence-electron chi connectivity index (χ0n) is 26.2. The van der Waals surface area contributed by atoms with Crippen LogP contribution in [-0.4, -0.2) is 122 Å². The third kappa shape index (κ3) is 6.70. The quantitative estimate of drug-likeness (QED) is 0.247. The number of aromatic nitrogens is 5. The van der Waals surface area contributed by atoms with Crippen molar-refractivity contribution in [3.63, 3.8) is 0 Å². The predicted molar refractivity (Wildman–Crippen MR) is 175 cm³/mol. The minimum atomic E-state index is -0.427. The lowest BCUT2D eigenvalue weighted by atomic mass is 10.00. The molecule has 0 radical (unpaired) electrons. The van der Waals surface area contributed by atoms with Crippen LogP contribution >= 0.6 is 0 Å². The van der Waals surface area contributed by atoms with Gasteiger partial charge in [0.25, 0.3) is 0 Å². The third-order valence-electron chi connectivity index (χ3n) is 9.55. The topological polar surface area (TPSA) is 160 Å². The van der Waals surface area contributed by atoms with Crippen molar-refractivity contribution >= 4 is 28.1 Å². The van der Waals surface area contributed by atoms with Gasteiger partial charge in [0, 0.05) is 55.4 Å². The Bertz CT molecular complexity index is 1640. The second-order valence-electron chi connectivity index (χ2n) is 12.8. The standard InChI is InChI=1S/C25H28N8O2.C8H15NO2/c1-15-2-4-27-9-19(15)21-6-16-7-24(28-10-20(16)25(26)31-21)30-17-8-29-33(11-17)22-12-32(5-3-23(22)34)18-13-35-14-18;10-8-2-1-3-9(4-8)7-5-11-6-7/h2,4,6-11,18,22-23,34H,3,5,12-14H2,1H3,(H2,26,31)(H,28,30);7-8,10H,1-6H2. The molecule has 0 aromatic carbocycles. The van der Waals surface area contributed by atoms with Crippen molar-refractivity contribution in [1.82, 2.24) is 34.5 Å². The zero-order valence-corrected chi connectivity index (χ0v) is 26.2. The molecule has 13 nitrogen and oxygen atoms in total. The highest BCUT2D eigenvalue weighted by Crippen LogP contribution is 2.30. The first-order valence-corrected chi connectivity index (χ1v) is 16.2. The fourth-order valence-electron chi connectivity index (χ4n) is 6.56. The molecule has 4 aliphatic rings. The molecule has 4 aromatic rings. The van der Waals surface area contributed by atoms with Crippen LogP contribution in [0.2, 0.25) is 0 Å². The molecule has 3 unspecified atom stereocenters. The number of nitrogens with one attached hydrogen (secondary N) is 1. The second kappa shape index (κ2) is 13.6. The van der Waals surface area contributed by atoms with Gasteiger partial charge in [-0.25, -0.2) is 9.97 Å². The van der Waals surface area contributed by atoms with Gasteiger partial charge >= 0.3 is 0 Å². The van der Waals surface area contributed by atoms with E-state index in [-0.39, 0.29) is 12.1 Å². The molecule has 4 saturated heterocycles. The third-order valence-corrected chi connectivity index (χ3v) is 9.55. The maximum atomic E-state index is 10.6. The van der Waals surface area contributed by atoms with Crippen LogP contribution in [0.15, 0.2) is 49.2 Å². The molecule has 0 aliphatic carbocycles. The number of nitrogen functional groups attached to an aromatic ring is 1. The lowest BCUT2D eigenvalue weighted by Crippen LogP contribution is -2.55. The predicted octanol–water partition coefficient (Wildman–Crippen LogP) is 2.37. The first-order chi connectivity index (χ1) is 22.4. The number of ether oxygens (including phenoxy) is 2. The minimum Gasteiger partial charge on any atom is -0.392 e. The highest BCUT2D eigenvalue weighted by molar-refractivity contribution is 5.94. The van der Waals surface area contributed by atoms with Crippen LogP contribution in [0.25, 0.3) is 22.0 Å². The highest BCUT2D eigenvalue weighted by atomic mass is 16.5. The summed E-state index contributed by atoms with van der Waals surface area (Å²) in [4.78, 5) is 18.1. The van der Waals surface area contributed by atoms with E-state index >= 15 is 0 Å². The maximum absolute atomic E-state index is 10.6. The number of likely N-dealkylation sites (tertiary alicyclic amines) is 2. The molecule has 8 heterocycles. The molecule has 0 bridgehead atoms. The monoisotopic (exact) mass is 629 g/mol. The fraction of sp³-hybridized carbons (Fsp3) is 0.515. The fourth-order valence-corrected chi connectivity index (χ4v) is 6.56. The van der Waals surface area contributed by atoms with Gasteiger partial charge in [-0.05, 0) is 61.9 Å². The number of aliphatic hydroxyl groups is 2. The van der Waals surface area contributed by atoms with Gasteiger partial charge in [-0.3, -0.25) is 19.5 Å². The van der Waals surface area contributed by atoms with Crippen LogP contribution in [0, 0.1) is 6.92 Å². The molecular weight excluding hydrogens is 586 g/mol. The Morgan fingerprint density at radius 3 is 2.46 bits per heavy atom. The molecular formula is C33H43N9O4. The minimum absolute atomic E-state index is 0.0932. The molecule has 0 spiro atoms. The van der Waals surface area contributed by atoms with Crippen molar-refractivity contribution < 1.29 is 19.7 Å². The van der Waals surface area contributed by atoms with E-state index < -0.39 is 6.10 Å². The summed E-state index contributed by atoms with van der Waals surface area (Å²) in [5, 5.41) is 29.6. The Morgan fingerprint density at radius 2 is 1.74 bits per heavy atom. The SMILES string of the molecule is Cc1ccncc1-c1cc2cc(Nc3cnn(C4CN(C5COC5)CCC4O)c3)ncc2c(N)n1.OC1CCCN(C2COC2)C1. The van der Waals surface area contributed by atoms with Crippen molar-refractivity contribution in [3.8, 4) is 11.3 Å². The summed E-state index contributed by atoms with van der Waals surface area (Å²) in [5.74, 6) is 1.11. The van der Waals surface area contributed by atoms with Crippen molar-refractivity contribution in [2.24, 2.45) is 0 Å². The molecule has 5 N–H and O–H groups in total. The van der Waals surface area contributed by atoms with Crippen LogP contribution in [0.1, 0.15) is 30.9 Å². The number of aliphatic hydroxyl groups excluding tert-OH is 2. The molecule has 4 aromatic heterocycles. The molecule has 8 rings (SSSR count). The molecule has 46 heavy (non-hydrogen) atoms. The number of piperidine rings is 2. The van der Waals surface area contributed by atoms with E-state index in [1.807, 2.05) is 36.0 Å². The van der Waals surface area contributed by atoms with Gasteiger partial charge < -0.3 is 30.7 Å². The van der Waals surface area contributed by atoms with Gasteiger partial charge in [-0.15, -0.1) is 0 Å². The van der Waals surface area contributed by atoms with Gasteiger partial charge in [0.05, 0.1) is 74.3 Å². The van der Waals surface area contributed by atoms with Gasteiger partial charge in [0.1, 0.15) is 11.6 Å².